The van der Waals surface area contributed by atoms with E-state index >= 15 is 0 Å². The number of nitro groups is 1. The molecule has 22 heavy (non-hydrogen) atoms. The smallest absolute Gasteiger partial charge is 0.310 e. The summed E-state index contributed by atoms with van der Waals surface area (Å²) in [6.07, 6.45) is 2.89. The average molecular weight is 328 g/mol. The first-order valence-corrected chi connectivity index (χ1v) is 7.08. The lowest BCUT2D eigenvalue weighted by molar-refractivity contribution is -0.385. The van der Waals surface area contributed by atoms with Crippen LogP contribution in [0.3, 0.4) is 0 Å². The van der Waals surface area contributed by atoms with E-state index in [9.17, 15) is 20.0 Å². The molecule has 3 rings (SSSR count). The quantitative estimate of drug-likeness (QED) is 0.636. The second-order valence-electron chi connectivity index (χ2n) is 5.55. The molecular formula is C14H18ClN3O4. The van der Waals surface area contributed by atoms with Crippen molar-refractivity contribution in [2.45, 2.75) is 31.3 Å². The number of fused-ring (bicyclic) bond motifs is 2. The zero-order valence-corrected chi connectivity index (χ0v) is 12.7. The number of hydrogen-bond donors (Lipinski definition) is 2. The van der Waals surface area contributed by atoms with Gasteiger partial charge in [-0.2, -0.15) is 0 Å². The van der Waals surface area contributed by atoms with Crippen LogP contribution in [0.1, 0.15) is 29.6 Å². The number of phenolic OH excluding ortho intramolecular Hbond substituents is 1. The number of nitrogens with zero attached hydrogens (tertiary/aromatic N) is 2. The van der Waals surface area contributed by atoms with Crippen LogP contribution in [0.15, 0.2) is 18.2 Å². The maximum atomic E-state index is 12.7. The Morgan fingerprint density at radius 1 is 1.32 bits per heavy atom. The van der Waals surface area contributed by atoms with Gasteiger partial charge in [-0.25, -0.2) is 0 Å². The summed E-state index contributed by atoms with van der Waals surface area (Å²) in [5.74, 6) is -0.623. The third-order valence-corrected chi connectivity index (χ3v) is 4.31. The van der Waals surface area contributed by atoms with Crippen LogP contribution >= 0.6 is 12.4 Å². The Hall–Kier alpha value is -1.86. The molecule has 0 spiro atoms. The van der Waals surface area contributed by atoms with Crippen LogP contribution in [0.2, 0.25) is 0 Å². The zero-order chi connectivity index (χ0) is 15.0. The van der Waals surface area contributed by atoms with E-state index in [0.717, 1.165) is 32.4 Å². The fourth-order valence-corrected chi connectivity index (χ4v) is 3.27. The summed E-state index contributed by atoms with van der Waals surface area (Å²) in [4.78, 5) is 24.6. The number of carbonyl (C=O) groups excluding carboxylic acids is 1. The molecule has 2 aliphatic rings. The molecule has 120 valence electrons. The first-order valence-electron chi connectivity index (χ1n) is 7.08. The summed E-state index contributed by atoms with van der Waals surface area (Å²) in [6.45, 7) is 1.68. The maximum absolute atomic E-state index is 12.7. The highest BCUT2D eigenvalue weighted by atomic mass is 35.5. The van der Waals surface area contributed by atoms with Crippen LogP contribution in [0.25, 0.3) is 0 Å². The van der Waals surface area contributed by atoms with Gasteiger partial charge in [0, 0.05) is 30.3 Å². The highest BCUT2D eigenvalue weighted by molar-refractivity contribution is 5.95. The van der Waals surface area contributed by atoms with Gasteiger partial charge in [0.1, 0.15) is 0 Å². The van der Waals surface area contributed by atoms with Crippen LogP contribution in [0.4, 0.5) is 5.69 Å². The fraction of sp³-hybridized carbons (Fsp3) is 0.500. The highest BCUT2D eigenvalue weighted by Gasteiger charge is 2.38. The topological polar surface area (TPSA) is 95.7 Å². The number of hydrogen-bond acceptors (Lipinski definition) is 5. The lowest BCUT2D eigenvalue weighted by Gasteiger charge is -2.28. The molecule has 2 unspecified atom stereocenters. The molecule has 1 aromatic rings. The minimum absolute atomic E-state index is 0. The van der Waals surface area contributed by atoms with E-state index in [4.69, 9.17) is 0 Å². The number of nitro benzene ring substituents is 1. The SMILES string of the molecule is Cl.O=C(c1ccc([N+](=O)[O-])c(O)c1)N1C2CCNCC1CC2. The normalized spacial score (nSPS) is 23.5. The molecule has 2 saturated heterocycles. The van der Waals surface area contributed by atoms with Crippen LogP contribution in [-0.4, -0.2) is 46.0 Å². The first kappa shape index (κ1) is 16.5. The molecule has 2 N–H and O–H groups in total. The third kappa shape index (κ3) is 2.86. The summed E-state index contributed by atoms with van der Waals surface area (Å²) in [5, 5.41) is 23.7. The van der Waals surface area contributed by atoms with E-state index in [-0.39, 0.29) is 36.1 Å². The Balaban J connectivity index is 0.00000176. The molecule has 1 aromatic carbocycles. The van der Waals surface area contributed by atoms with Gasteiger partial charge in [-0.15, -0.1) is 12.4 Å². The number of rotatable bonds is 2. The van der Waals surface area contributed by atoms with Gasteiger partial charge in [-0.3, -0.25) is 14.9 Å². The molecule has 2 fully saturated rings. The summed E-state index contributed by atoms with van der Waals surface area (Å²) in [7, 11) is 0. The molecule has 0 aromatic heterocycles. The van der Waals surface area contributed by atoms with Gasteiger partial charge in [0.05, 0.1) is 4.92 Å². The van der Waals surface area contributed by atoms with Gasteiger partial charge in [-0.1, -0.05) is 0 Å². The number of benzene rings is 1. The van der Waals surface area contributed by atoms with Crippen molar-refractivity contribution in [2.75, 3.05) is 13.1 Å². The molecule has 2 heterocycles. The summed E-state index contributed by atoms with van der Waals surface area (Å²) in [5.41, 5.74) is -0.0797. The van der Waals surface area contributed by atoms with E-state index in [1.165, 1.54) is 18.2 Å². The molecule has 0 saturated carbocycles. The summed E-state index contributed by atoms with van der Waals surface area (Å²) >= 11 is 0. The number of halogens is 1. The Labute approximate surface area is 133 Å². The van der Waals surface area contributed by atoms with Crippen LogP contribution in [0, 0.1) is 10.1 Å². The van der Waals surface area contributed by atoms with Crippen molar-refractivity contribution >= 4 is 24.0 Å². The lowest BCUT2D eigenvalue weighted by Crippen LogP contribution is -2.42. The van der Waals surface area contributed by atoms with Crippen molar-refractivity contribution in [1.29, 1.82) is 0 Å². The van der Waals surface area contributed by atoms with Gasteiger partial charge in [0.2, 0.25) is 0 Å². The Kier molecular flexibility index (Phi) is 4.87. The molecule has 2 bridgehead atoms. The number of nitrogens with one attached hydrogen (secondary N) is 1. The van der Waals surface area contributed by atoms with Crippen molar-refractivity contribution in [2.24, 2.45) is 0 Å². The number of amides is 1. The Morgan fingerprint density at radius 3 is 2.73 bits per heavy atom. The molecule has 2 atom stereocenters. The second-order valence-corrected chi connectivity index (χ2v) is 5.55. The van der Waals surface area contributed by atoms with Crippen LogP contribution < -0.4 is 5.32 Å². The molecule has 7 nitrogen and oxygen atoms in total. The van der Waals surface area contributed by atoms with Gasteiger partial charge in [-0.05, 0) is 37.9 Å². The highest BCUT2D eigenvalue weighted by Crippen LogP contribution is 2.32. The third-order valence-electron chi connectivity index (χ3n) is 4.31. The van der Waals surface area contributed by atoms with E-state index in [2.05, 4.69) is 5.32 Å². The van der Waals surface area contributed by atoms with Crippen molar-refractivity contribution in [3.63, 3.8) is 0 Å². The predicted octanol–water partition coefficient (Wildman–Crippen LogP) is 1.69. The minimum Gasteiger partial charge on any atom is -0.502 e. The molecule has 1 amide bonds. The van der Waals surface area contributed by atoms with Gasteiger partial charge in [0.25, 0.3) is 5.91 Å². The van der Waals surface area contributed by atoms with Crippen molar-refractivity contribution in [1.82, 2.24) is 10.2 Å². The minimum atomic E-state index is -0.664. The fourth-order valence-electron chi connectivity index (χ4n) is 3.27. The number of phenols is 1. The van der Waals surface area contributed by atoms with Gasteiger partial charge < -0.3 is 15.3 Å². The average Bonchev–Trinajstić information content (AvgIpc) is 2.70. The van der Waals surface area contributed by atoms with E-state index in [1.54, 1.807) is 0 Å². The monoisotopic (exact) mass is 327 g/mol. The van der Waals surface area contributed by atoms with Gasteiger partial charge in [0.15, 0.2) is 5.75 Å². The molecular weight excluding hydrogens is 310 g/mol. The number of carbonyl (C=O) groups is 1. The standard InChI is InChI=1S/C14H17N3O4.ClH/c18-13-7-9(1-4-12(13)17(20)21)14(19)16-10-2-3-11(16)8-15-6-5-10;/h1,4,7,10-11,15,18H,2-3,5-6,8H2;1H. The largest absolute Gasteiger partial charge is 0.502 e. The molecule has 2 aliphatic heterocycles. The van der Waals surface area contributed by atoms with E-state index in [0.29, 0.717) is 5.56 Å². The van der Waals surface area contributed by atoms with Gasteiger partial charge >= 0.3 is 5.69 Å². The van der Waals surface area contributed by atoms with Crippen molar-refractivity contribution in [3.05, 3.63) is 33.9 Å². The summed E-state index contributed by atoms with van der Waals surface area (Å²) in [6, 6.07) is 4.17. The molecule has 0 radical (unpaired) electrons. The Morgan fingerprint density at radius 2 is 2.05 bits per heavy atom. The maximum Gasteiger partial charge on any atom is 0.310 e. The second kappa shape index (κ2) is 6.50. The van der Waals surface area contributed by atoms with Crippen molar-refractivity contribution < 1.29 is 14.8 Å². The van der Waals surface area contributed by atoms with Crippen LogP contribution in [-0.2, 0) is 0 Å². The van der Waals surface area contributed by atoms with E-state index < -0.39 is 10.7 Å². The predicted molar refractivity (Wildman–Crippen MR) is 82.5 cm³/mol. The lowest BCUT2D eigenvalue weighted by atomic mass is 10.1. The van der Waals surface area contributed by atoms with Crippen LogP contribution in [0.5, 0.6) is 5.75 Å². The molecule has 0 aliphatic carbocycles. The Bertz CT molecular complexity index is 581. The van der Waals surface area contributed by atoms with E-state index in [1.807, 2.05) is 4.90 Å². The number of aromatic hydroxyl groups is 1. The summed E-state index contributed by atoms with van der Waals surface area (Å²) < 4.78 is 0. The first-order chi connectivity index (χ1) is 10.1. The molecule has 8 heteroatoms. The zero-order valence-electron chi connectivity index (χ0n) is 11.9. The van der Waals surface area contributed by atoms with Crippen molar-refractivity contribution in [3.8, 4) is 5.75 Å².